The highest BCUT2D eigenvalue weighted by Gasteiger charge is 2.33. The fourth-order valence-electron chi connectivity index (χ4n) is 4.12. The summed E-state index contributed by atoms with van der Waals surface area (Å²) in [6.07, 6.45) is 1.87. The van der Waals surface area contributed by atoms with Crippen molar-refractivity contribution < 1.29 is 14.3 Å². The molecular weight excluding hydrogens is 608 g/mol. The number of nitrogens with zero attached hydrogens (tertiary/aromatic N) is 2. The van der Waals surface area contributed by atoms with Crippen molar-refractivity contribution in [3.63, 3.8) is 0 Å². The Hall–Kier alpha value is -3.52. The van der Waals surface area contributed by atoms with Gasteiger partial charge in [0, 0.05) is 5.02 Å². The van der Waals surface area contributed by atoms with E-state index in [9.17, 15) is 4.79 Å². The van der Waals surface area contributed by atoms with E-state index in [4.69, 9.17) is 26.1 Å². The number of halogens is 2. The van der Waals surface area contributed by atoms with E-state index < -0.39 is 0 Å². The van der Waals surface area contributed by atoms with E-state index in [1.165, 1.54) is 11.8 Å². The van der Waals surface area contributed by atoms with Crippen LogP contribution in [0.4, 0.5) is 0 Å². The summed E-state index contributed by atoms with van der Waals surface area (Å²) in [5, 5.41) is 1.35. The molecule has 0 unspecified atom stereocenters. The highest BCUT2D eigenvalue weighted by atomic mass is 79.9. The third-order valence-electron chi connectivity index (χ3n) is 6.16. The second-order valence-electron chi connectivity index (χ2n) is 9.02. The number of methoxy groups -OCH3 is 1. The number of thioether (sulfide) groups is 1. The van der Waals surface area contributed by atoms with Crippen LogP contribution in [0.5, 0.6) is 11.5 Å². The van der Waals surface area contributed by atoms with Crippen molar-refractivity contribution >= 4 is 56.4 Å². The molecule has 1 aliphatic heterocycles. The van der Waals surface area contributed by atoms with Crippen LogP contribution < -0.4 is 9.47 Å². The Morgan fingerprint density at radius 2 is 1.60 bits per heavy atom. The molecule has 0 saturated carbocycles. The van der Waals surface area contributed by atoms with Crippen molar-refractivity contribution in [2.24, 2.45) is 4.99 Å². The number of rotatable bonds is 9. The quantitative estimate of drug-likeness (QED) is 0.174. The molecule has 5 rings (SSSR count). The summed E-state index contributed by atoms with van der Waals surface area (Å²) in [6, 6.07) is 31.2. The van der Waals surface area contributed by atoms with Gasteiger partial charge in [-0.2, -0.15) is 0 Å². The van der Waals surface area contributed by atoms with Gasteiger partial charge in [-0.05, 0) is 80.3 Å². The molecule has 1 fully saturated rings. The Morgan fingerprint density at radius 1 is 0.925 bits per heavy atom. The zero-order valence-electron chi connectivity index (χ0n) is 21.7. The van der Waals surface area contributed by atoms with Crippen LogP contribution in [0.1, 0.15) is 22.3 Å². The first-order valence-corrected chi connectivity index (χ1v) is 14.6. The fraction of sp³-hybridized carbons (Fsp3) is 0.125. The molecule has 0 spiro atoms. The van der Waals surface area contributed by atoms with E-state index in [0.717, 1.165) is 26.7 Å². The SMILES string of the molecule is COc1cc(/C=C2\SC(=NCc3ccccc3)N(Cc3ccccc3)C2=O)cc(Br)c1OCc1ccc(Cl)cc1. The number of amides is 1. The summed E-state index contributed by atoms with van der Waals surface area (Å²) < 4.78 is 12.4. The van der Waals surface area contributed by atoms with Crippen LogP contribution in [0.15, 0.2) is 111 Å². The first-order chi connectivity index (χ1) is 19.5. The standard InChI is InChI=1S/C32H26BrClN2O3S/c1-38-28-17-25(16-27(33)30(28)39-21-24-12-14-26(34)15-13-24)18-29-31(37)36(20-23-10-6-3-7-11-23)32(40-29)35-19-22-8-4-2-5-9-22/h2-18H,19-21H2,1H3/b29-18-,35-32?. The molecule has 4 aromatic carbocycles. The normalized spacial score (nSPS) is 15.2. The Morgan fingerprint density at radius 3 is 2.27 bits per heavy atom. The summed E-state index contributed by atoms with van der Waals surface area (Å²) in [5.74, 6) is 1.06. The summed E-state index contributed by atoms with van der Waals surface area (Å²) in [7, 11) is 1.60. The van der Waals surface area contributed by atoms with Crippen molar-refractivity contribution in [3.8, 4) is 11.5 Å². The maximum absolute atomic E-state index is 13.6. The van der Waals surface area contributed by atoms with Gasteiger partial charge in [-0.3, -0.25) is 14.7 Å². The predicted octanol–water partition coefficient (Wildman–Crippen LogP) is 8.36. The summed E-state index contributed by atoms with van der Waals surface area (Å²) in [5.41, 5.74) is 3.92. The van der Waals surface area contributed by atoms with E-state index in [0.29, 0.717) is 46.3 Å². The van der Waals surface area contributed by atoms with Gasteiger partial charge in [-0.1, -0.05) is 84.4 Å². The van der Waals surface area contributed by atoms with E-state index >= 15 is 0 Å². The highest BCUT2D eigenvalue weighted by Crippen LogP contribution is 2.40. The molecule has 0 aliphatic carbocycles. The topological polar surface area (TPSA) is 51.1 Å². The van der Waals surface area contributed by atoms with Gasteiger partial charge in [0.2, 0.25) is 0 Å². The average Bonchev–Trinajstić information content (AvgIpc) is 3.26. The van der Waals surface area contributed by atoms with Crippen molar-refractivity contribution in [1.29, 1.82) is 0 Å². The molecule has 0 radical (unpaired) electrons. The molecule has 5 nitrogen and oxygen atoms in total. The number of ether oxygens (including phenoxy) is 2. The van der Waals surface area contributed by atoms with Crippen LogP contribution in [0, 0.1) is 0 Å². The molecule has 1 amide bonds. The smallest absolute Gasteiger partial charge is 0.267 e. The van der Waals surface area contributed by atoms with Crippen LogP contribution in [0.3, 0.4) is 0 Å². The molecule has 40 heavy (non-hydrogen) atoms. The van der Waals surface area contributed by atoms with Gasteiger partial charge in [-0.25, -0.2) is 0 Å². The molecule has 202 valence electrons. The second kappa shape index (κ2) is 13.2. The van der Waals surface area contributed by atoms with Gasteiger partial charge in [0.05, 0.1) is 29.6 Å². The third kappa shape index (κ3) is 6.97. The molecule has 0 atom stereocenters. The zero-order chi connectivity index (χ0) is 27.9. The summed E-state index contributed by atoms with van der Waals surface area (Å²) >= 11 is 11.0. The second-order valence-corrected chi connectivity index (χ2v) is 11.3. The van der Waals surface area contributed by atoms with Crippen LogP contribution in [-0.2, 0) is 24.5 Å². The van der Waals surface area contributed by atoms with Crippen molar-refractivity contribution in [1.82, 2.24) is 4.90 Å². The number of benzene rings is 4. The number of hydrogen-bond acceptors (Lipinski definition) is 5. The van der Waals surface area contributed by atoms with Crippen LogP contribution in [0.2, 0.25) is 5.02 Å². The van der Waals surface area contributed by atoms with Gasteiger partial charge >= 0.3 is 0 Å². The maximum atomic E-state index is 13.6. The van der Waals surface area contributed by atoms with E-state index in [2.05, 4.69) is 15.9 Å². The Labute approximate surface area is 251 Å². The molecule has 1 saturated heterocycles. The summed E-state index contributed by atoms with van der Waals surface area (Å²) in [4.78, 5) is 20.8. The first-order valence-electron chi connectivity index (χ1n) is 12.6. The maximum Gasteiger partial charge on any atom is 0.267 e. The van der Waals surface area contributed by atoms with Gasteiger partial charge < -0.3 is 9.47 Å². The van der Waals surface area contributed by atoms with E-state index in [1.807, 2.05) is 103 Å². The zero-order valence-corrected chi connectivity index (χ0v) is 24.9. The lowest BCUT2D eigenvalue weighted by atomic mass is 10.1. The fourth-order valence-corrected chi connectivity index (χ4v) is 5.80. The van der Waals surface area contributed by atoms with E-state index in [-0.39, 0.29) is 5.91 Å². The molecule has 0 N–H and O–H groups in total. The number of amidine groups is 1. The van der Waals surface area contributed by atoms with Crippen LogP contribution >= 0.6 is 39.3 Å². The third-order valence-corrected chi connectivity index (χ3v) is 8.04. The minimum Gasteiger partial charge on any atom is -0.493 e. The molecule has 4 aromatic rings. The Kier molecular flexibility index (Phi) is 9.26. The highest BCUT2D eigenvalue weighted by molar-refractivity contribution is 9.10. The largest absolute Gasteiger partial charge is 0.493 e. The van der Waals surface area contributed by atoms with Crippen LogP contribution in [-0.4, -0.2) is 23.1 Å². The van der Waals surface area contributed by atoms with Crippen LogP contribution in [0.25, 0.3) is 6.08 Å². The lowest BCUT2D eigenvalue weighted by Gasteiger charge is -2.16. The molecule has 1 heterocycles. The minimum atomic E-state index is -0.0844. The molecule has 0 bridgehead atoms. The van der Waals surface area contributed by atoms with Gasteiger partial charge in [0.25, 0.3) is 5.91 Å². The molecule has 8 heteroatoms. The number of aliphatic imine (C=N–C) groups is 1. The average molecular weight is 634 g/mol. The number of carbonyl (C=O) groups excluding carboxylic acids is 1. The van der Waals surface area contributed by atoms with E-state index in [1.54, 1.807) is 12.0 Å². The summed E-state index contributed by atoms with van der Waals surface area (Å²) in [6.45, 7) is 1.30. The first kappa shape index (κ1) is 28.0. The van der Waals surface area contributed by atoms with Crippen molar-refractivity contribution in [3.05, 3.63) is 134 Å². The lowest BCUT2D eigenvalue weighted by Crippen LogP contribution is -2.28. The predicted molar refractivity (Wildman–Crippen MR) is 167 cm³/mol. The van der Waals surface area contributed by atoms with Crippen molar-refractivity contribution in [2.75, 3.05) is 7.11 Å². The van der Waals surface area contributed by atoms with Gasteiger partial charge in [0.15, 0.2) is 16.7 Å². The lowest BCUT2D eigenvalue weighted by molar-refractivity contribution is -0.122. The Balaban J connectivity index is 1.40. The molecule has 0 aromatic heterocycles. The number of hydrogen-bond donors (Lipinski definition) is 0. The molecule has 1 aliphatic rings. The number of carbonyl (C=O) groups is 1. The minimum absolute atomic E-state index is 0.0844. The monoisotopic (exact) mass is 632 g/mol. The van der Waals surface area contributed by atoms with Gasteiger partial charge in [0.1, 0.15) is 6.61 Å². The Bertz CT molecular complexity index is 1540. The van der Waals surface area contributed by atoms with Gasteiger partial charge in [-0.15, -0.1) is 0 Å². The molecular formula is C32H26BrClN2O3S. The van der Waals surface area contributed by atoms with Crippen molar-refractivity contribution in [2.45, 2.75) is 19.7 Å².